The van der Waals surface area contributed by atoms with E-state index < -0.39 is 0 Å². The van der Waals surface area contributed by atoms with E-state index in [4.69, 9.17) is 24.4 Å². The topological polar surface area (TPSA) is 174 Å². The highest BCUT2D eigenvalue weighted by molar-refractivity contribution is 6.01. The number of aromatic amines is 1. The van der Waals surface area contributed by atoms with Crippen molar-refractivity contribution < 1.29 is 14.3 Å². The molecule has 2 aromatic carbocycles. The van der Waals surface area contributed by atoms with E-state index in [0.717, 1.165) is 88.9 Å². The van der Waals surface area contributed by atoms with Crippen LogP contribution in [0.2, 0.25) is 0 Å². The van der Waals surface area contributed by atoms with Crippen LogP contribution in [0.15, 0.2) is 91.9 Å². The second-order valence-electron chi connectivity index (χ2n) is 18.7. The van der Waals surface area contributed by atoms with Crippen LogP contribution in [0.3, 0.4) is 0 Å². The van der Waals surface area contributed by atoms with Crippen LogP contribution in [-0.4, -0.2) is 140 Å². The Kier molecular flexibility index (Phi) is 13.4. The summed E-state index contributed by atoms with van der Waals surface area (Å²) >= 11 is 0. The normalized spacial score (nSPS) is 19.4. The fraction of sp³-hybridized carbons (Fsp3) is 0.396. The minimum atomic E-state index is -0.227. The van der Waals surface area contributed by atoms with Crippen molar-refractivity contribution in [2.24, 2.45) is 7.05 Å². The van der Waals surface area contributed by atoms with E-state index in [1.165, 1.54) is 34.5 Å². The third-order valence-electron chi connectivity index (χ3n) is 14.3. The highest BCUT2D eigenvalue weighted by Crippen LogP contribution is 2.38. The molecule has 5 aromatic heterocycles. The Bertz CT molecular complexity index is 3050. The molecule has 11 rings (SSSR count). The maximum absolute atomic E-state index is 12.5. The lowest BCUT2D eigenvalue weighted by Gasteiger charge is -2.42. The summed E-state index contributed by atoms with van der Waals surface area (Å²) in [4.78, 5) is 43.2. The van der Waals surface area contributed by atoms with Gasteiger partial charge in [0.1, 0.15) is 29.5 Å². The molecular weight excluding hydrogens is 881 g/mol. The number of piperazine rings is 1. The Morgan fingerprint density at radius 2 is 1.86 bits per heavy atom. The number of benzene rings is 2. The smallest absolute Gasteiger partial charge is 0.318 e. The number of likely N-dealkylation sites (tertiary alicyclic amines) is 1. The number of fused-ring (bicyclic) bond motifs is 3. The number of carbonyl (C=O) groups excluding carboxylic acids is 1. The number of anilines is 3. The molecule has 3 fully saturated rings. The molecule has 360 valence electrons. The van der Waals surface area contributed by atoms with Crippen molar-refractivity contribution in [1.82, 2.24) is 49.7 Å². The van der Waals surface area contributed by atoms with Crippen LogP contribution >= 0.6 is 0 Å². The van der Waals surface area contributed by atoms with Crippen molar-refractivity contribution >= 4 is 44.9 Å². The molecule has 1 amide bonds. The summed E-state index contributed by atoms with van der Waals surface area (Å²) in [5.41, 5.74) is 9.20. The van der Waals surface area contributed by atoms with Crippen molar-refractivity contribution in [3.05, 3.63) is 109 Å². The van der Waals surface area contributed by atoms with Crippen molar-refractivity contribution in [3.63, 3.8) is 0 Å². The Hall–Kier alpha value is -7.42. The maximum atomic E-state index is 12.5. The zero-order chi connectivity index (χ0) is 48.3. The van der Waals surface area contributed by atoms with Gasteiger partial charge in [0.05, 0.1) is 61.4 Å². The van der Waals surface area contributed by atoms with Gasteiger partial charge in [0.15, 0.2) is 0 Å². The van der Waals surface area contributed by atoms with Gasteiger partial charge in [-0.05, 0) is 94.1 Å². The monoisotopic (exact) mass is 940 g/mol. The van der Waals surface area contributed by atoms with Crippen LogP contribution in [-0.2, 0) is 29.5 Å². The lowest BCUT2D eigenvalue weighted by Crippen LogP contribution is -2.55. The molecule has 3 unspecified atom stereocenters. The Morgan fingerprint density at radius 3 is 2.61 bits per heavy atom. The van der Waals surface area contributed by atoms with Gasteiger partial charge in [-0.3, -0.25) is 19.6 Å². The number of rotatable bonds is 10. The highest BCUT2D eigenvalue weighted by atomic mass is 16.5. The number of H-pyrrole nitrogens is 1. The molecule has 3 atom stereocenters. The average Bonchev–Trinajstić information content (AvgIpc) is 4.18. The third kappa shape index (κ3) is 9.24. The van der Waals surface area contributed by atoms with Gasteiger partial charge < -0.3 is 34.0 Å². The quantitative estimate of drug-likeness (QED) is 0.143. The van der Waals surface area contributed by atoms with E-state index in [-0.39, 0.29) is 24.4 Å². The number of nitrogens with zero attached hydrogens (tertiary/aromatic N) is 13. The van der Waals surface area contributed by atoms with E-state index in [1.54, 1.807) is 11.1 Å². The number of morpholine rings is 1. The Balaban J connectivity index is 0.000000175. The molecule has 7 aromatic rings. The van der Waals surface area contributed by atoms with Crippen LogP contribution in [0.5, 0.6) is 6.01 Å². The molecule has 3 saturated heterocycles. The van der Waals surface area contributed by atoms with Crippen molar-refractivity contribution in [3.8, 4) is 34.7 Å². The van der Waals surface area contributed by atoms with Crippen LogP contribution in [0.25, 0.3) is 44.3 Å². The summed E-state index contributed by atoms with van der Waals surface area (Å²) in [5.74, 6) is 1.66. The van der Waals surface area contributed by atoms with Gasteiger partial charge in [-0.15, -0.1) is 0 Å². The molecule has 0 bridgehead atoms. The molecule has 70 heavy (non-hydrogen) atoms. The minimum absolute atomic E-state index is 0.134. The number of ether oxygens (including phenoxy) is 2. The van der Waals surface area contributed by atoms with Gasteiger partial charge in [0.2, 0.25) is 5.91 Å². The number of pyridine rings is 2. The number of carbonyl (C=O) groups is 1. The number of hydrogen-bond donors (Lipinski definition) is 1. The maximum Gasteiger partial charge on any atom is 0.318 e. The van der Waals surface area contributed by atoms with Gasteiger partial charge in [-0.1, -0.05) is 36.9 Å². The molecule has 4 aliphatic rings. The van der Waals surface area contributed by atoms with Gasteiger partial charge in [0, 0.05) is 92.0 Å². The number of aromatic nitrogens is 8. The first-order chi connectivity index (χ1) is 34.2. The third-order valence-corrected chi connectivity index (χ3v) is 14.3. The van der Waals surface area contributed by atoms with Crippen LogP contribution in [0.4, 0.5) is 17.3 Å². The minimum Gasteiger partial charge on any atom is -0.462 e. The molecule has 1 N–H and O–H groups in total. The van der Waals surface area contributed by atoms with Crippen molar-refractivity contribution in [2.75, 3.05) is 80.8 Å². The average molecular weight is 941 g/mol. The summed E-state index contributed by atoms with van der Waals surface area (Å²) in [6.07, 6.45) is 10.0. The van der Waals surface area contributed by atoms with E-state index in [0.29, 0.717) is 58.1 Å². The summed E-state index contributed by atoms with van der Waals surface area (Å²) in [6, 6.07) is 24.1. The van der Waals surface area contributed by atoms with Crippen LogP contribution in [0, 0.1) is 18.3 Å². The first kappa shape index (κ1) is 46.3. The van der Waals surface area contributed by atoms with E-state index in [2.05, 4.69) is 116 Å². The molecule has 0 radical (unpaired) electrons. The molecule has 17 heteroatoms. The fourth-order valence-electron chi connectivity index (χ4n) is 10.6. The number of amides is 1. The predicted molar refractivity (Wildman–Crippen MR) is 272 cm³/mol. The number of nitriles is 1. The fourth-order valence-corrected chi connectivity index (χ4v) is 10.6. The Morgan fingerprint density at radius 1 is 0.986 bits per heavy atom. The van der Waals surface area contributed by atoms with Gasteiger partial charge in [0.25, 0.3) is 0 Å². The number of likely N-dealkylation sites (N-methyl/N-ethyl adjacent to an activating group) is 1. The van der Waals surface area contributed by atoms with E-state index in [1.807, 2.05) is 42.3 Å². The summed E-state index contributed by atoms with van der Waals surface area (Å²) < 4.78 is 13.8. The largest absolute Gasteiger partial charge is 0.462 e. The molecule has 0 aliphatic carbocycles. The molecular formula is C53H60N14O3. The lowest BCUT2D eigenvalue weighted by molar-refractivity contribution is -0.128. The van der Waals surface area contributed by atoms with Gasteiger partial charge in [-0.25, -0.2) is 4.98 Å². The lowest BCUT2D eigenvalue weighted by atomic mass is 9.99. The second-order valence-corrected chi connectivity index (χ2v) is 18.7. The Labute approximate surface area is 408 Å². The summed E-state index contributed by atoms with van der Waals surface area (Å²) in [6.45, 7) is 15.0. The van der Waals surface area contributed by atoms with Gasteiger partial charge >= 0.3 is 6.01 Å². The standard InChI is InChI=1S/C33H39N7O2.C20H21N7O/c1-4-30(41)40-19-18-39(20-25(40)13-15-34)32-27-14-17-38(29-12-6-10-24-9-5-8-23(2)31(24)29)21-28(27)35-33(36-32)42-22-26-11-7-16-37(26)3;1-13-12-28-10-9-27(13)18-11-15(17-5-8-23-26(17)2)14-3-6-21-20(19(14)24-18)16-4-7-22-25-16/h4-6,8-10,12,25-26H,1,7,11,13-14,16-22H2,2-3H3;3-8,11,13H,9-10,12H2,1-2H3,(H,22,25). The van der Waals surface area contributed by atoms with E-state index in [9.17, 15) is 10.1 Å². The van der Waals surface area contributed by atoms with E-state index >= 15 is 0 Å². The van der Waals surface area contributed by atoms with Crippen molar-refractivity contribution in [1.29, 1.82) is 5.26 Å². The molecule has 0 spiro atoms. The summed E-state index contributed by atoms with van der Waals surface area (Å²) in [7, 11) is 4.10. The van der Waals surface area contributed by atoms with Gasteiger partial charge in [-0.2, -0.15) is 25.4 Å². The number of aryl methyl sites for hydroxylation is 2. The number of hydrogen-bond acceptors (Lipinski definition) is 14. The molecule has 17 nitrogen and oxygen atoms in total. The number of nitrogens with one attached hydrogen (secondary N) is 1. The first-order valence-corrected chi connectivity index (χ1v) is 24.3. The molecule has 0 saturated carbocycles. The first-order valence-electron chi connectivity index (χ1n) is 24.3. The zero-order valence-corrected chi connectivity index (χ0v) is 40.5. The zero-order valence-electron chi connectivity index (χ0n) is 40.5. The molecule has 9 heterocycles. The SMILES string of the molecule is C=CC(=O)N1CCN(c2nc(OCC3CCCN3C)nc3c2CCN(c2cccc4cccc(C)c24)C3)CC1CC#N.CC1COCCN1c1cc(-c2ccnn2C)c2ccnc(-c3ccn[nH]3)c2n1. The predicted octanol–water partition coefficient (Wildman–Crippen LogP) is 6.74. The highest BCUT2D eigenvalue weighted by Gasteiger charge is 2.34. The van der Waals surface area contributed by atoms with Crippen molar-refractivity contribution in [2.45, 2.75) is 64.2 Å². The summed E-state index contributed by atoms with van der Waals surface area (Å²) in [5, 5.41) is 24.5. The van der Waals surface area contributed by atoms with Crippen LogP contribution < -0.4 is 19.4 Å². The van der Waals surface area contributed by atoms with Crippen LogP contribution in [0.1, 0.15) is 43.0 Å². The second kappa shape index (κ2) is 20.3. The molecule has 4 aliphatic heterocycles.